The van der Waals surface area contributed by atoms with Crippen molar-refractivity contribution >= 4 is 0 Å². The van der Waals surface area contributed by atoms with Crippen LogP contribution in [0.1, 0.15) is 37.7 Å². The number of fused-ring (bicyclic) bond motifs is 2. The summed E-state index contributed by atoms with van der Waals surface area (Å²) >= 11 is 0. The van der Waals surface area contributed by atoms with Gasteiger partial charge in [-0.1, -0.05) is 19.1 Å². The summed E-state index contributed by atoms with van der Waals surface area (Å²) in [5.74, 6) is -0.130. The van der Waals surface area contributed by atoms with Crippen LogP contribution in [0.3, 0.4) is 0 Å². The molecule has 0 spiro atoms. The van der Waals surface area contributed by atoms with Gasteiger partial charge in [0, 0.05) is 18.0 Å². The van der Waals surface area contributed by atoms with Crippen molar-refractivity contribution in [2.75, 3.05) is 7.11 Å². The quantitative estimate of drug-likeness (QED) is 0.840. The van der Waals surface area contributed by atoms with E-state index >= 15 is 0 Å². The molecule has 0 aliphatic carbocycles. The van der Waals surface area contributed by atoms with Gasteiger partial charge in [0.05, 0.1) is 19.3 Å². The normalized spacial score (nSPS) is 32.9. The van der Waals surface area contributed by atoms with E-state index in [1.54, 1.807) is 7.11 Å². The minimum absolute atomic E-state index is 0.0551. The lowest BCUT2D eigenvalue weighted by molar-refractivity contribution is 0.000897. The van der Waals surface area contributed by atoms with Gasteiger partial charge in [-0.05, 0) is 36.1 Å². The molecule has 2 unspecified atom stereocenters. The van der Waals surface area contributed by atoms with E-state index in [-0.39, 0.29) is 23.9 Å². The first-order valence-electron chi connectivity index (χ1n) is 7.75. The molecule has 0 amide bonds. The van der Waals surface area contributed by atoms with Crippen molar-refractivity contribution in [2.45, 2.75) is 50.4 Å². The first kappa shape index (κ1) is 15.5. The highest BCUT2D eigenvalue weighted by Gasteiger charge is 2.46. The maximum absolute atomic E-state index is 13.2. The topological polar surface area (TPSA) is 50.7 Å². The molecule has 0 aromatic heterocycles. The van der Waals surface area contributed by atoms with Crippen LogP contribution in [0.25, 0.3) is 0 Å². The average molecular weight is 307 g/mol. The maximum atomic E-state index is 13.2. The van der Waals surface area contributed by atoms with Crippen LogP contribution in [0.15, 0.2) is 35.5 Å². The third-order valence-corrected chi connectivity index (χ3v) is 4.57. The van der Waals surface area contributed by atoms with E-state index < -0.39 is 6.10 Å². The summed E-state index contributed by atoms with van der Waals surface area (Å²) in [7, 11) is 1.57. The van der Waals surface area contributed by atoms with Gasteiger partial charge in [0.1, 0.15) is 11.9 Å². The Balaban J connectivity index is 2.04. The van der Waals surface area contributed by atoms with Gasteiger partial charge in [0.15, 0.2) is 0 Å². The summed E-state index contributed by atoms with van der Waals surface area (Å²) in [6.07, 6.45) is 1.44. The SMILES string of the molecule is CCC(NOC)=C1[C@@H](c2ccc(F)cc2)CC2CC(O)[C@H]1O2. The number of ether oxygens (including phenoxy) is 1. The van der Waals surface area contributed by atoms with Crippen LogP contribution in [-0.4, -0.2) is 30.5 Å². The highest BCUT2D eigenvalue weighted by Crippen LogP contribution is 2.46. The van der Waals surface area contributed by atoms with Crippen molar-refractivity contribution in [2.24, 2.45) is 0 Å². The van der Waals surface area contributed by atoms with Crippen molar-refractivity contribution in [1.29, 1.82) is 0 Å². The molecule has 0 saturated carbocycles. The van der Waals surface area contributed by atoms with Crippen LogP contribution in [-0.2, 0) is 9.57 Å². The maximum Gasteiger partial charge on any atom is 0.123 e. The first-order valence-corrected chi connectivity index (χ1v) is 7.75. The fourth-order valence-corrected chi connectivity index (χ4v) is 3.62. The van der Waals surface area contributed by atoms with Crippen LogP contribution >= 0.6 is 0 Å². The molecule has 2 N–H and O–H groups in total. The van der Waals surface area contributed by atoms with Crippen molar-refractivity contribution in [1.82, 2.24) is 5.48 Å². The van der Waals surface area contributed by atoms with E-state index in [4.69, 9.17) is 9.57 Å². The van der Waals surface area contributed by atoms with Crippen LogP contribution in [0, 0.1) is 5.82 Å². The van der Waals surface area contributed by atoms with E-state index in [1.165, 1.54) is 12.1 Å². The molecule has 2 fully saturated rings. The zero-order valence-electron chi connectivity index (χ0n) is 12.9. The Morgan fingerprint density at radius 1 is 1.36 bits per heavy atom. The number of hydrogen-bond donors (Lipinski definition) is 2. The van der Waals surface area contributed by atoms with Crippen molar-refractivity contribution in [3.63, 3.8) is 0 Å². The third kappa shape index (κ3) is 2.76. The number of rotatable bonds is 4. The molecule has 2 aliphatic rings. The van der Waals surface area contributed by atoms with E-state index in [0.29, 0.717) is 6.42 Å². The van der Waals surface area contributed by atoms with Crippen molar-refractivity contribution < 1.29 is 19.1 Å². The summed E-state index contributed by atoms with van der Waals surface area (Å²) in [6, 6.07) is 6.60. The molecule has 4 nitrogen and oxygen atoms in total. The van der Waals surface area contributed by atoms with E-state index in [2.05, 4.69) is 5.48 Å². The van der Waals surface area contributed by atoms with E-state index in [9.17, 15) is 9.50 Å². The fraction of sp³-hybridized carbons (Fsp3) is 0.529. The lowest BCUT2D eigenvalue weighted by atomic mass is 9.82. The molecule has 120 valence electrons. The summed E-state index contributed by atoms with van der Waals surface area (Å²) < 4.78 is 19.2. The first-order chi connectivity index (χ1) is 10.6. The minimum Gasteiger partial charge on any atom is -0.390 e. The van der Waals surface area contributed by atoms with Crippen LogP contribution in [0.2, 0.25) is 0 Å². The zero-order chi connectivity index (χ0) is 15.7. The van der Waals surface area contributed by atoms with Crippen molar-refractivity contribution in [3.05, 3.63) is 46.9 Å². The highest BCUT2D eigenvalue weighted by atomic mass is 19.1. The van der Waals surface area contributed by atoms with Crippen molar-refractivity contribution in [3.8, 4) is 0 Å². The molecule has 22 heavy (non-hydrogen) atoms. The van der Waals surface area contributed by atoms with Gasteiger partial charge in [0.2, 0.25) is 0 Å². The van der Waals surface area contributed by atoms with Gasteiger partial charge < -0.3 is 9.84 Å². The number of nitrogens with one attached hydrogen (secondary N) is 1. The monoisotopic (exact) mass is 307 g/mol. The molecule has 2 saturated heterocycles. The predicted octanol–water partition coefficient (Wildman–Crippen LogP) is 2.65. The summed E-state index contributed by atoms with van der Waals surface area (Å²) in [5.41, 5.74) is 5.94. The van der Waals surface area contributed by atoms with Crippen LogP contribution in [0.5, 0.6) is 0 Å². The molecule has 1 aromatic rings. The molecule has 5 heteroatoms. The molecule has 1 aromatic carbocycles. The van der Waals surface area contributed by atoms with Crippen LogP contribution < -0.4 is 5.48 Å². The summed E-state index contributed by atoms with van der Waals surface area (Å²) in [6.45, 7) is 2.03. The van der Waals surface area contributed by atoms with Gasteiger partial charge in [0.25, 0.3) is 0 Å². The number of hydroxylamine groups is 1. The molecule has 0 radical (unpaired) electrons. The zero-order valence-corrected chi connectivity index (χ0v) is 12.9. The van der Waals surface area contributed by atoms with Crippen LogP contribution in [0.4, 0.5) is 4.39 Å². The number of allylic oxidation sites excluding steroid dienone is 1. The third-order valence-electron chi connectivity index (χ3n) is 4.57. The van der Waals surface area contributed by atoms with Gasteiger partial charge in [-0.15, -0.1) is 0 Å². The Kier molecular flexibility index (Phi) is 4.47. The molecule has 2 heterocycles. The van der Waals surface area contributed by atoms with Gasteiger partial charge >= 0.3 is 0 Å². The summed E-state index contributed by atoms with van der Waals surface area (Å²) in [5, 5.41) is 10.3. The van der Waals surface area contributed by atoms with E-state index in [1.807, 2.05) is 19.1 Å². The molecular formula is C17H22FNO3. The summed E-state index contributed by atoms with van der Waals surface area (Å²) in [4.78, 5) is 5.09. The number of aliphatic hydroxyl groups excluding tert-OH is 1. The Hall–Kier alpha value is -1.43. The second-order valence-corrected chi connectivity index (χ2v) is 5.92. The molecule has 4 atom stereocenters. The minimum atomic E-state index is -0.495. The lowest BCUT2D eigenvalue weighted by Crippen LogP contribution is -2.34. The predicted molar refractivity (Wildman–Crippen MR) is 80.5 cm³/mol. The Labute approximate surface area is 129 Å². The number of benzene rings is 1. The average Bonchev–Trinajstić information content (AvgIpc) is 2.81. The second-order valence-electron chi connectivity index (χ2n) is 5.92. The standard InChI is InChI=1S/C17H22FNO3/c1-3-14(19-21-2)16-13(10-4-6-11(18)7-5-10)8-12-9-15(20)17(16)22-12/h4-7,12-13,15,17,19-20H,3,8-9H2,1-2H3/t12?,13-,15?,17-/m1/s1. The molecule has 3 rings (SSSR count). The van der Waals surface area contributed by atoms with Gasteiger partial charge in [-0.3, -0.25) is 10.3 Å². The Bertz CT molecular complexity index is 558. The highest BCUT2D eigenvalue weighted by molar-refractivity contribution is 5.37. The molecular weight excluding hydrogens is 285 g/mol. The molecule has 2 aliphatic heterocycles. The number of hydrogen-bond acceptors (Lipinski definition) is 4. The number of halogens is 1. The van der Waals surface area contributed by atoms with Gasteiger partial charge in [-0.25, -0.2) is 4.39 Å². The second kappa shape index (κ2) is 6.36. The van der Waals surface area contributed by atoms with E-state index in [0.717, 1.165) is 29.7 Å². The molecule has 2 bridgehead atoms. The Morgan fingerprint density at radius 2 is 2.09 bits per heavy atom. The number of aliphatic hydroxyl groups is 1. The fourth-order valence-electron chi connectivity index (χ4n) is 3.62. The Morgan fingerprint density at radius 3 is 2.73 bits per heavy atom. The smallest absolute Gasteiger partial charge is 0.123 e. The largest absolute Gasteiger partial charge is 0.390 e. The lowest BCUT2D eigenvalue weighted by Gasteiger charge is -2.34. The van der Waals surface area contributed by atoms with Gasteiger partial charge in [-0.2, -0.15) is 0 Å².